The Morgan fingerprint density at radius 3 is 2.44 bits per heavy atom. The van der Waals surface area contributed by atoms with E-state index in [1.807, 2.05) is 6.07 Å². The summed E-state index contributed by atoms with van der Waals surface area (Å²) in [6, 6.07) is 7.26. The van der Waals surface area contributed by atoms with Crippen LogP contribution in [-0.2, 0) is 0 Å². The quantitative estimate of drug-likeness (QED) is 0.495. The minimum absolute atomic E-state index is 0.00859. The van der Waals surface area contributed by atoms with Gasteiger partial charge in [-0.2, -0.15) is 5.26 Å². The zero-order chi connectivity index (χ0) is 12.1. The number of rotatable bonds is 4. The molecule has 0 heterocycles. The first kappa shape index (κ1) is 12.4. The van der Waals surface area contributed by atoms with Gasteiger partial charge in [-0.3, -0.25) is 10.1 Å². The number of nitriles is 1. The molecule has 84 valence electrons. The molecule has 0 aromatic heterocycles. The Kier molecular flexibility index (Phi) is 4.23. The van der Waals surface area contributed by atoms with Gasteiger partial charge in [0.25, 0.3) is 5.69 Å². The molecule has 0 aliphatic heterocycles. The second-order valence-corrected chi connectivity index (χ2v) is 3.49. The number of nitro groups is 1. The van der Waals surface area contributed by atoms with Crippen LogP contribution in [0.1, 0.15) is 11.7 Å². The molecule has 0 amide bonds. The van der Waals surface area contributed by atoms with Crippen molar-refractivity contribution in [3.63, 3.8) is 0 Å². The Bertz CT molecular complexity index is 413. The van der Waals surface area contributed by atoms with Crippen molar-refractivity contribution >= 4 is 17.3 Å². The molecule has 0 radical (unpaired) electrons. The Balaban J connectivity index is 2.90. The lowest BCUT2D eigenvalue weighted by molar-refractivity contribution is -0.384. The van der Waals surface area contributed by atoms with Crippen LogP contribution in [0.3, 0.4) is 0 Å². The topological polar surface area (TPSA) is 87.2 Å². The zero-order valence-corrected chi connectivity index (χ0v) is 8.96. The van der Waals surface area contributed by atoms with Crippen LogP contribution in [0.2, 0.25) is 0 Å². The molecule has 0 fully saturated rings. The van der Waals surface area contributed by atoms with Gasteiger partial charge in [-0.15, -0.1) is 11.6 Å². The van der Waals surface area contributed by atoms with Crippen molar-refractivity contribution in [3.8, 4) is 6.07 Å². The lowest BCUT2D eigenvalue weighted by Gasteiger charge is -2.13. The maximum Gasteiger partial charge on any atom is 0.269 e. The molecule has 6 heteroatoms. The minimum Gasteiger partial charge on any atom is -0.387 e. The first-order valence-corrected chi connectivity index (χ1v) is 5.01. The molecule has 1 rings (SSSR count). The Hall–Kier alpha value is -1.64. The van der Waals surface area contributed by atoms with E-state index in [9.17, 15) is 15.2 Å². The first-order chi connectivity index (χ1) is 7.60. The molecule has 1 aromatic rings. The van der Waals surface area contributed by atoms with E-state index in [1.165, 1.54) is 24.3 Å². The zero-order valence-electron chi connectivity index (χ0n) is 8.21. The molecular formula is C10H9ClN2O3. The molecule has 0 aliphatic rings. The highest BCUT2D eigenvalue weighted by Gasteiger charge is 2.20. The summed E-state index contributed by atoms with van der Waals surface area (Å²) in [6.07, 6.45) is -1.02. The number of aliphatic hydroxyl groups excluding tert-OH is 1. The maximum absolute atomic E-state index is 10.4. The predicted octanol–water partition coefficient (Wildman–Crippen LogP) is 2.01. The Morgan fingerprint density at radius 1 is 1.50 bits per heavy atom. The Labute approximate surface area is 97.0 Å². The van der Waals surface area contributed by atoms with Crippen LogP contribution in [0, 0.1) is 27.4 Å². The van der Waals surface area contributed by atoms with Crippen LogP contribution in [-0.4, -0.2) is 15.9 Å². The van der Waals surface area contributed by atoms with Gasteiger partial charge in [-0.25, -0.2) is 0 Å². The molecule has 0 spiro atoms. The van der Waals surface area contributed by atoms with Crippen molar-refractivity contribution in [2.45, 2.75) is 6.10 Å². The average molecular weight is 241 g/mol. The summed E-state index contributed by atoms with van der Waals surface area (Å²) < 4.78 is 0. The van der Waals surface area contributed by atoms with E-state index >= 15 is 0 Å². The van der Waals surface area contributed by atoms with Crippen LogP contribution in [0.4, 0.5) is 5.69 Å². The number of non-ortho nitro benzene ring substituents is 1. The molecule has 0 saturated carbocycles. The molecule has 16 heavy (non-hydrogen) atoms. The molecule has 0 unspecified atom stereocenters. The van der Waals surface area contributed by atoms with Crippen LogP contribution < -0.4 is 0 Å². The van der Waals surface area contributed by atoms with E-state index in [-0.39, 0.29) is 11.6 Å². The van der Waals surface area contributed by atoms with Gasteiger partial charge in [0.2, 0.25) is 0 Å². The predicted molar refractivity (Wildman–Crippen MR) is 57.9 cm³/mol. The van der Waals surface area contributed by atoms with Gasteiger partial charge in [0.15, 0.2) is 0 Å². The van der Waals surface area contributed by atoms with Crippen molar-refractivity contribution in [2.24, 2.45) is 5.92 Å². The highest BCUT2D eigenvalue weighted by Crippen LogP contribution is 2.24. The van der Waals surface area contributed by atoms with Crippen LogP contribution in [0.15, 0.2) is 24.3 Å². The largest absolute Gasteiger partial charge is 0.387 e. The van der Waals surface area contributed by atoms with Crippen molar-refractivity contribution in [1.82, 2.24) is 0 Å². The average Bonchev–Trinajstić information content (AvgIpc) is 2.30. The normalized spacial score (nSPS) is 13.8. The van der Waals surface area contributed by atoms with Gasteiger partial charge in [-0.1, -0.05) is 0 Å². The fourth-order valence-corrected chi connectivity index (χ4v) is 1.45. The molecule has 5 nitrogen and oxygen atoms in total. The second-order valence-electron chi connectivity index (χ2n) is 3.18. The van der Waals surface area contributed by atoms with E-state index in [0.29, 0.717) is 5.56 Å². The number of aliphatic hydroxyl groups is 1. The van der Waals surface area contributed by atoms with Gasteiger partial charge >= 0.3 is 0 Å². The molecular weight excluding hydrogens is 232 g/mol. The summed E-state index contributed by atoms with van der Waals surface area (Å²) >= 11 is 5.50. The van der Waals surface area contributed by atoms with Crippen molar-refractivity contribution in [1.29, 1.82) is 5.26 Å². The standard InChI is InChI=1S/C10H9ClN2O3/c11-5-8(6-12)10(14)7-1-3-9(4-2-7)13(15)16/h1-4,8,10,14H,5H2/t8-,10+/m1/s1. The molecule has 1 aromatic carbocycles. The summed E-state index contributed by atoms with van der Waals surface area (Å²) in [6.45, 7) is 0. The smallest absolute Gasteiger partial charge is 0.269 e. The number of nitro benzene ring substituents is 1. The van der Waals surface area contributed by atoms with Crippen LogP contribution in [0.25, 0.3) is 0 Å². The highest BCUT2D eigenvalue weighted by atomic mass is 35.5. The second kappa shape index (κ2) is 5.45. The number of alkyl halides is 1. The molecule has 2 atom stereocenters. The molecule has 0 aliphatic carbocycles. The Morgan fingerprint density at radius 2 is 2.06 bits per heavy atom. The minimum atomic E-state index is -1.02. The summed E-state index contributed by atoms with van der Waals surface area (Å²) in [5.74, 6) is -0.711. The summed E-state index contributed by atoms with van der Waals surface area (Å²) in [5, 5.41) is 28.8. The van der Waals surface area contributed by atoms with Crippen LogP contribution >= 0.6 is 11.6 Å². The van der Waals surface area contributed by atoms with Gasteiger partial charge in [0.1, 0.15) is 0 Å². The van der Waals surface area contributed by atoms with Crippen molar-refractivity contribution in [2.75, 3.05) is 5.88 Å². The highest BCUT2D eigenvalue weighted by molar-refractivity contribution is 6.18. The third-order valence-corrected chi connectivity index (χ3v) is 2.49. The number of benzene rings is 1. The lowest BCUT2D eigenvalue weighted by Crippen LogP contribution is -2.12. The number of hydrogen-bond acceptors (Lipinski definition) is 4. The fourth-order valence-electron chi connectivity index (χ4n) is 1.22. The van der Waals surface area contributed by atoms with E-state index in [4.69, 9.17) is 16.9 Å². The van der Waals surface area contributed by atoms with Crippen LogP contribution in [0.5, 0.6) is 0 Å². The summed E-state index contributed by atoms with van der Waals surface area (Å²) in [5.41, 5.74) is 0.383. The van der Waals surface area contributed by atoms with E-state index < -0.39 is 16.9 Å². The van der Waals surface area contributed by atoms with E-state index in [1.54, 1.807) is 0 Å². The van der Waals surface area contributed by atoms with Gasteiger partial charge in [-0.05, 0) is 17.7 Å². The van der Waals surface area contributed by atoms with E-state index in [0.717, 1.165) is 0 Å². The van der Waals surface area contributed by atoms with Gasteiger partial charge in [0, 0.05) is 18.0 Å². The number of hydrogen-bond donors (Lipinski definition) is 1. The SMILES string of the molecule is N#C[C@@H](CCl)[C@@H](O)c1ccc([N+](=O)[O-])cc1. The fraction of sp³-hybridized carbons (Fsp3) is 0.300. The number of halogens is 1. The summed E-state index contributed by atoms with van der Waals surface area (Å²) in [7, 11) is 0. The van der Waals surface area contributed by atoms with Crippen molar-refractivity contribution in [3.05, 3.63) is 39.9 Å². The molecule has 0 bridgehead atoms. The lowest BCUT2D eigenvalue weighted by atomic mass is 9.98. The molecule has 0 saturated heterocycles. The third kappa shape index (κ3) is 2.69. The van der Waals surface area contributed by atoms with E-state index in [2.05, 4.69) is 0 Å². The number of nitrogens with zero attached hydrogens (tertiary/aromatic N) is 2. The third-order valence-electron chi connectivity index (χ3n) is 2.16. The monoisotopic (exact) mass is 240 g/mol. The van der Waals surface area contributed by atoms with Gasteiger partial charge < -0.3 is 5.11 Å². The summed E-state index contributed by atoms with van der Waals surface area (Å²) in [4.78, 5) is 9.87. The first-order valence-electron chi connectivity index (χ1n) is 4.48. The molecule has 1 N–H and O–H groups in total. The van der Waals surface area contributed by atoms with Gasteiger partial charge in [0.05, 0.1) is 23.0 Å². The maximum atomic E-state index is 10.4. The van der Waals surface area contributed by atoms with Crippen molar-refractivity contribution < 1.29 is 10.0 Å².